The van der Waals surface area contributed by atoms with E-state index >= 15 is 0 Å². The summed E-state index contributed by atoms with van der Waals surface area (Å²) in [7, 11) is 2.03. The molecule has 2 rings (SSSR count). The third-order valence-corrected chi connectivity index (χ3v) is 3.87. The predicted octanol–water partition coefficient (Wildman–Crippen LogP) is 3.13. The molecule has 0 spiro atoms. The van der Waals surface area contributed by atoms with E-state index in [-0.39, 0.29) is 0 Å². The smallest absolute Gasteiger partial charge is 0.123 e. The first-order chi connectivity index (χ1) is 8.11. The third-order valence-electron chi connectivity index (χ3n) is 3.87. The van der Waals surface area contributed by atoms with Crippen molar-refractivity contribution in [1.82, 2.24) is 5.32 Å². The number of aryl methyl sites for hydroxylation is 2. The van der Waals surface area contributed by atoms with Gasteiger partial charge in [-0.2, -0.15) is 0 Å². The quantitative estimate of drug-likeness (QED) is 0.866. The molecular weight excluding hydrogens is 210 g/mol. The van der Waals surface area contributed by atoms with Gasteiger partial charge in [-0.25, -0.2) is 0 Å². The van der Waals surface area contributed by atoms with Gasteiger partial charge in [0.05, 0.1) is 0 Å². The Hall–Kier alpha value is -1.02. The zero-order valence-electron chi connectivity index (χ0n) is 11.3. The van der Waals surface area contributed by atoms with Crippen LogP contribution in [-0.4, -0.2) is 19.2 Å². The highest BCUT2D eigenvalue weighted by atomic mass is 16.5. The van der Waals surface area contributed by atoms with Crippen LogP contribution in [0, 0.1) is 20.8 Å². The maximum absolute atomic E-state index is 6.21. The zero-order valence-corrected chi connectivity index (χ0v) is 11.3. The van der Waals surface area contributed by atoms with Crippen LogP contribution in [0.25, 0.3) is 0 Å². The molecule has 0 heterocycles. The van der Waals surface area contributed by atoms with Crippen LogP contribution in [0.2, 0.25) is 0 Å². The van der Waals surface area contributed by atoms with Crippen LogP contribution in [-0.2, 0) is 0 Å². The SMILES string of the molecule is CNC1CCCC1Oc1cc(C)cc(C)c1C. The summed E-state index contributed by atoms with van der Waals surface area (Å²) in [5, 5.41) is 3.36. The van der Waals surface area contributed by atoms with E-state index in [1.54, 1.807) is 0 Å². The van der Waals surface area contributed by atoms with Crippen LogP contribution in [0.1, 0.15) is 36.0 Å². The van der Waals surface area contributed by atoms with Gasteiger partial charge in [0, 0.05) is 6.04 Å². The predicted molar refractivity (Wildman–Crippen MR) is 71.8 cm³/mol. The summed E-state index contributed by atoms with van der Waals surface area (Å²) >= 11 is 0. The Morgan fingerprint density at radius 3 is 2.65 bits per heavy atom. The summed E-state index contributed by atoms with van der Waals surface area (Å²) in [6.07, 6.45) is 3.99. The Morgan fingerprint density at radius 1 is 1.18 bits per heavy atom. The fourth-order valence-corrected chi connectivity index (χ4v) is 2.68. The highest BCUT2D eigenvalue weighted by Gasteiger charge is 2.28. The van der Waals surface area contributed by atoms with E-state index in [1.807, 2.05) is 7.05 Å². The molecule has 2 nitrogen and oxygen atoms in total. The summed E-state index contributed by atoms with van der Waals surface area (Å²) in [5.74, 6) is 1.06. The minimum absolute atomic E-state index is 0.333. The van der Waals surface area contributed by atoms with Crippen molar-refractivity contribution in [2.75, 3.05) is 7.05 Å². The number of ether oxygens (including phenoxy) is 1. The van der Waals surface area contributed by atoms with Gasteiger partial charge in [-0.1, -0.05) is 6.07 Å². The van der Waals surface area contributed by atoms with Gasteiger partial charge in [0.15, 0.2) is 0 Å². The highest BCUT2D eigenvalue weighted by molar-refractivity contribution is 5.42. The molecule has 0 saturated heterocycles. The molecule has 1 aliphatic rings. The lowest BCUT2D eigenvalue weighted by Gasteiger charge is -2.22. The van der Waals surface area contributed by atoms with E-state index in [1.165, 1.54) is 29.5 Å². The Labute approximate surface area is 104 Å². The monoisotopic (exact) mass is 233 g/mol. The normalized spacial score (nSPS) is 24.0. The van der Waals surface area contributed by atoms with Gasteiger partial charge >= 0.3 is 0 Å². The minimum atomic E-state index is 0.333. The lowest BCUT2D eigenvalue weighted by Crippen LogP contribution is -2.36. The van der Waals surface area contributed by atoms with Crippen LogP contribution >= 0.6 is 0 Å². The van der Waals surface area contributed by atoms with E-state index in [9.17, 15) is 0 Å². The molecule has 1 aromatic rings. The minimum Gasteiger partial charge on any atom is -0.489 e. The molecule has 0 aromatic heterocycles. The second-order valence-corrected chi connectivity index (χ2v) is 5.19. The number of rotatable bonds is 3. The Balaban J connectivity index is 2.18. The molecule has 0 amide bonds. The van der Waals surface area contributed by atoms with E-state index in [0.717, 1.165) is 12.2 Å². The van der Waals surface area contributed by atoms with Crippen molar-refractivity contribution in [3.05, 3.63) is 28.8 Å². The molecule has 0 bridgehead atoms. The third kappa shape index (κ3) is 2.63. The molecule has 1 aromatic carbocycles. The molecule has 0 aliphatic heterocycles. The maximum atomic E-state index is 6.21. The van der Waals surface area contributed by atoms with Crippen molar-refractivity contribution < 1.29 is 4.74 Å². The van der Waals surface area contributed by atoms with Gasteiger partial charge in [-0.15, -0.1) is 0 Å². The Morgan fingerprint density at radius 2 is 1.94 bits per heavy atom. The largest absolute Gasteiger partial charge is 0.489 e. The zero-order chi connectivity index (χ0) is 12.4. The second-order valence-electron chi connectivity index (χ2n) is 5.19. The van der Waals surface area contributed by atoms with Gasteiger partial charge in [-0.05, 0) is 69.8 Å². The van der Waals surface area contributed by atoms with Crippen LogP contribution in [0.15, 0.2) is 12.1 Å². The standard InChI is InChI=1S/C15H23NO/c1-10-8-11(2)12(3)15(9-10)17-14-7-5-6-13(14)16-4/h8-9,13-14,16H,5-7H2,1-4H3. The second kappa shape index (κ2) is 5.09. The first-order valence-corrected chi connectivity index (χ1v) is 6.53. The maximum Gasteiger partial charge on any atom is 0.123 e. The molecule has 17 heavy (non-hydrogen) atoms. The van der Waals surface area contributed by atoms with Gasteiger partial charge in [0.25, 0.3) is 0 Å². The average Bonchev–Trinajstić information content (AvgIpc) is 2.72. The van der Waals surface area contributed by atoms with Crippen LogP contribution < -0.4 is 10.1 Å². The summed E-state index contributed by atoms with van der Waals surface area (Å²) in [5.41, 5.74) is 3.87. The van der Waals surface area contributed by atoms with Crippen molar-refractivity contribution in [3.8, 4) is 5.75 Å². The number of likely N-dealkylation sites (N-methyl/N-ethyl adjacent to an activating group) is 1. The Kier molecular flexibility index (Phi) is 3.72. The van der Waals surface area contributed by atoms with Crippen molar-refractivity contribution >= 4 is 0 Å². The molecule has 2 atom stereocenters. The van der Waals surface area contributed by atoms with Gasteiger partial charge in [0.2, 0.25) is 0 Å². The van der Waals surface area contributed by atoms with E-state index in [2.05, 4.69) is 38.2 Å². The lowest BCUT2D eigenvalue weighted by molar-refractivity contribution is 0.177. The molecule has 2 unspecified atom stereocenters. The number of hydrogen-bond donors (Lipinski definition) is 1. The number of nitrogens with one attached hydrogen (secondary N) is 1. The first kappa shape index (κ1) is 12.4. The summed E-state index contributed by atoms with van der Waals surface area (Å²) in [6.45, 7) is 6.43. The number of benzene rings is 1. The van der Waals surface area contributed by atoms with E-state index in [4.69, 9.17) is 4.74 Å². The van der Waals surface area contributed by atoms with Gasteiger partial charge < -0.3 is 10.1 Å². The molecule has 1 saturated carbocycles. The average molecular weight is 233 g/mol. The lowest BCUT2D eigenvalue weighted by atomic mass is 10.1. The molecular formula is C15H23NO. The van der Waals surface area contributed by atoms with E-state index < -0.39 is 0 Å². The van der Waals surface area contributed by atoms with E-state index in [0.29, 0.717) is 12.1 Å². The fraction of sp³-hybridized carbons (Fsp3) is 0.600. The van der Waals surface area contributed by atoms with Crippen LogP contribution in [0.3, 0.4) is 0 Å². The molecule has 0 radical (unpaired) electrons. The topological polar surface area (TPSA) is 21.3 Å². The number of hydrogen-bond acceptors (Lipinski definition) is 2. The Bertz CT molecular complexity index is 400. The molecule has 1 aliphatic carbocycles. The summed E-state index contributed by atoms with van der Waals surface area (Å²) in [6, 6.07) is 4.88. The molecule has 2 heteroatoms. The molecule has 1 N–H and O–H groups in total. The first-order valence-electron chi connectivity index (χ1n) is 6.53. The molecule has 1 fully saturated rings. The highest BCUT2D eigenvalue weighted by Crippen LogP contribution is 2.29. The van der Waals surface area contributed by atoms with Crippen LogP contribution in [0.5, 0.6) is 5.75 Å². The molecule has 94 valence electrons. The van der Waals surface area contributed by atoms with Gasteiger partial charge in [-0.3, -0.25) is 0 Å². The van der Waals surface area contributed by atoms with Gasteiger partial charge in [0.1, 0.15) is 11.9 Å². The summed E-state index contributed by atoms with van der Waals surface area (Å²) < 4.78 is 6.21. The fourth-order valence-electron chi connectivity index (χ4n) is 2.68. The summed E-state index contributed by atoms with van der Waals surface area (Å²) in [4.78, 5) is 0. The van der Waals surface area contributed by atoms with Crippen molar-refractivity contribution in [3.63, 3.8) is 0 Å². The van der Waals surface area contributed by atoms with Crippen molar-refractivity contribution in [2.45, 2.75) is 52.2 Å². The van der Waals surface area contributed by atoms with Crippen LogP contribution in [0.4, 0.5) is 0 Å². The van der Waals surface area contributed by atoms with Crippen molar-refractivity contribution in [1.29, 1.82) is 0 Å². The van der Waals surface area contributed by atoms with Crippen molar-refractivity contribution in [2.24, 2.45) is 0 Å².